The van der Waals surface area contributed by atoms with Crippen LogP contribution in [0.15, 0.2) is 10.7 Å². The first kappa shape index (κ1) is 9.86. The normalized spacial score (nSPS) is 10.1. The van der Waals surface area contributed by atoms with Gasteiger partial charge in [0.25, 0.3) is 6.43 Å². The standard InChI is InChI=1S/C7H4BrF2N3/c8-5-1-4(12)3(2-11)6(13-5)7(9)10/h1,7H,(H2,12,13). The molecule has 0 aromatic carbocycles. The summed E-state index contributed by atoms with van der Waals surface area (Å²) in [6.45, 7) is 0. The number of nitrogen functional groups attached to an aromatic ring is 1. The molecule has 0 spiro atoms. The van der Waals surface area contributed by atoms with Gasteiger partial charge in [-0.25, -0.2) is 13.8 Å². The monoisotopic (exact) mass is 247 g/mol. The average Bonchev–Trinajstić information content (AvgIpc) is 2.02. The molecule has 0 saturated carbocycles. The molecule has 13 heavy (non-hydrogen) atoms. The molecule has 0 aliphatic heterocycles. The quantitative estimate of drug-likeness (QED) is 0.775. The van der Waals surface area contributed by atoms with Crippen LogP contribution in [0.25, 0.3) is 0 Å². The van der Waals surface area contributed by atoms with E-state index >= 15 is 0 Å². The Kier molecular flexibility index (Phi) is 2.78. The van der Waals surface area contributed by atoms with Gasteiger partial charge in [0.1, 0.15) is 21.9 Å². The Labute approximate surface area is 81.3 Å². The van der Waals surface area contributed by atoms with E-state index in [1.165, 1.54) is 6.07 Å². The molecule has 0 aliphatic carbocycles. The maximum atomic E-state index is 12.3. The zero-order chi connectivity index (χ0) is 10.0. The van der Waals surface area contributed by atoms with Crippen molar-refractivity contribution < 1.29 is 8.78 Å². The first-order valence-corrected chi connectivity index (χ1v) is 3.99. The van der Waals surface area contributed by atoms with Gasteiger partial charge in [-0.05, 0) is 22.0 Å². The van der Waals surface area contributed by atoms with E-state index in [1.807, 2.05) is 0 Å². The Morgan fingerprint density at radius 1 is 1.62 bits per heavy atom. The number of alkyl halides is 2. The van der Waals surface area contributed by atoms with Gasteiger partial charge in [-0.15, -0.1) is 0 Å². The number of hydrogen-bond donors (Lipinski definition) is 1. The van der Waals surface area contributed by atoms with Crippen LogP contribution in [0.1, 0.15) is 17.7 Å². The van der Waals surface area contributed by atoms with Crippen molar-refractivity contribution in [2.45, 2.75) is 6.43 Å². The van der Waals surface area contributed by atoms with Gasteiger partial charge < -0.3 is 5.73 Å². The van der Waals surface area contributed by atoms with Crippen LogP contribution in [0.5, 0.6) is 0 Å². The van der Waals surface area contributed by atoms with Crippen LogP contribution in [0.4, 0.5) is 14.5 Å². The molecule has 1 heterocycles. The number of hydrogen-bond acceptors (Lipinski definition) is 3. The summed E-state index contributed by atoms with van der Waals surface area (Å²) in [6.07, 6.45) is -2.80. The molecule has 6 heteroatoms. The second kappa shape index (κ2) is 3.66. The second-order valence-corrected chi connectivity index (χ2v) is 3.02. The number of anilines is 1. The van der Waals surface area contributed by atoms with Gasteiger partial charge in [-0.3, -0.25) is 0 Å². The maximum Gasteiger partial charge on any atom is 0.281 e. The van der Waals surface area contributed by atoms with Gasteiger partial charge in [-0.2, -0.15) is 5.26 Å². The largest absolute Gasteiger partial charge is 0.398 e. The summed E-state index contributed by atoms with van der Waals surface area (Å²) >= 11 is 2.91. The van der Waals surface area contributed by atoms with Crippen molar-refractivity contribution in [1.29, 1.82) is 5.26 Å². The van der Waals surface area contributed by atoms with Crippen molar-refractivity contribution in [3.8, 4) is 6.07 Å². The molecule has 3 nitrogen and oxygen atoms in total. The van der Waals surface area contributed by atoms with Crippen LogP contribution in [0.2, 0.25) is 0 Å². The molecule has 0 fully saturated rings. The van der Waals surface area contributed by atoms with Gasteiger partial charge in [-0.1, -0.05) is 0 Å². The molecule has 1 rings (SSSR count). The molecular weight excluding hydrogens is 244 g/mol. The lowest BCUT2D eigenvalue weighted by Gasteiger charge is -2.04. The minimum absolute atomic E-state index is 0.000301. The number of aromatic nitrogens is 1. The SMILES string of the molecule is N#Cc1c(N)cc(Br)nc1C(F)F. The predicted octanol–water partition coefficient (Wildman–Crippen LogP) is 2.24. The number of nitrogens with zero attached hydrogens (tertiary/aromatic N) is 2. The highest BCUT2D eigenvalue weighted by Gasteiger charge is 2.17. The first-order chi connectivity index (χ1) is 6.06. The zero-order valence-electron chi connectivity index (χ0n) is 6.26. The summed E-state index contributed by atoms with van der Waals surface area (Å²) < 4.78 is 24.8. The molecular formula is C7H4BrF2N3. The van der Waals surface area contributed by atoms with Crippen LogP contribution in [0.3, 0.4) is 0 Å². The Morgan fingerprint density at radius 2 is 2.23 bits per heavy atom. The van der Waals surface area contributed by atoms with Gasteiger partial charge in [0, 0.05) is 0 Å². The highest BCUT2D eigenvalue weighted by molar-refractivity contribution is 9.10. The summed E-state index contributed by atoms with van der Waals surface area (Å²) in [4.78, 5) is 3.47. The van der Waals surface area contributed by atoms with E-state index in [1.54, 1.807) is 6.07 Å². The Balaban J connectivity index is 3.41. The lowest BCUT2D eigenvalue weighted by Crippen LogP contribution is -2.01. The lowest BCUT2D eigenvalue weighted by molar-refractivity contribution is 0.145. The van der Waals surface area contributed by atoms with Crippen LogP contribution in [-0.4, -0.2) is 4.98 Å². The van der Waals surface area contributed by atoms with E-state index in [-0.39, 0.29) is 15.9 Å². The molecule has 68 valence electrons. The topological polar surface area (TPSA) is 62.7 Å². The van der Waals surface area contributed by atoms with Gasteiger partial charge in [0.2, 0.25) is 0 Å². The number of nitriles is 1. The summed E-state index contributed by atoms with van der Waals surface area (Å²) in [6, 6.07) is 2.89. The summed E-state index contributed by atoms with van der Waals surface area (Å²) in [5.41, 5.74) is 4.49. The number of rotatable bonds is 1. The fourth-order valence-corrected chi connectivity index (χ4v) is 1.27. The Bertz CT molecular complexity index is 373. The van der Waals surface area contributed by atoms with Crippen LogP contribution >= 0.6 is 15.9 Å². The molecule has 0 atom stereocenters. The van der Waals surface area contributed by atoms with Crippen LogP contribution in [0, 0.1) is 11.3 Å². The maximum absolute atomic E-state index is 12.3. The van der Waals surface area contributed by atoms with E-state index in [4.69, 9.17) is 11.0 Å². The third-order valence-corrected chi connectivity index (χ3v) is 1.77. The van der Waals surface area contributed by atoms with Gasteiger partial charge >= 0.3 is 0 Å². The van der Waals surface area contributed by atoms with E-state index in [2.05, 4.69) is 20.9 Å². The predicted molar refractivity (Wildman–Crippen MR) is 46.0 cm³/mol. The molecule has 2 N–H and O–H groups in total. The van der Waals surface area contributed by atoms with Crippen LogP contribution in [-0.2, 0) is 0 Å². The second-order valence-electron chi connectivity index (χ2n) is 2.21. The fourth-order valence-electron chi connectivity index (χ4n) is 0.831. The highest BCUT2D eigenvalue weighted by Crippen LogP contribution is 2.26. The van der Waals surface area contributed by atoms with Gasteiger partial charge in [0.05, 0.1) is 5.69 Å². The fraction of sp³-hybridized carbons (Fsp3) is 0.143. The van der Waals surface area contributed by atoms with E-state index in [0.29, 0.717) is 0 Å². The van der Waals surface area contributed by atoms with Crippen molar-refractivity contribution in [1.82, 2.24) is 4.98 Å². The smallest absolute Gasteiger partial charge is 0.281 e. The molecule has 1 aromatic heterocycles. The van der Waals surface area contributed by atoms with Crippen molar-refractivity contribution >= 4 is 21.6 Å². The molecule has 0 aliphatic rings. The Hall–Kier alpha value is -1.22. The minimum atomic E-state index is -2.80. The summed E-state index contributed by atoms with van der Waals surface area (Å²) in [5, 5.41) is 8.52. The molecule has 0 saturated heterocycles. The third-order valence-electron chi connectivity index (χ3n) is 1.37. The van der Waals surface area contributed by atoms with Crippen molar-refractivity contribution in [3.05, 3.63) is 21.9 Å². The number of nitrogens with two attached hydrogens (primary N) is 1. The zero-order valence-corrected chi connectivity index (χ0v) is 7.85. The minimum Gasteiger partial charge on any atom is -0.398 e. The third kappa shape index (κ3) is 1.92. The first-order valence-electron chi connectivity index (χ1n) is 3.20. The van der Waals surface area contributed by atoms with Crippen molar-refractivity contribution in [2.24, 2.45) is 0 Å². The number of pyridine rings is 1. The molecule has 1 aromatic rings. The molecule has 0 unspecified atom stereocenters. The van der Waals surface area contributed by atoms with Gasteiger partial charge in [0.15, 0.2) is 0 Å². The lowest BCUT2D eigenvalue weighted by atomic mass is 10.2. The highest BCUT2D eigenvalue weighted by atomic mass is 79.9. The van der Waals surface area contributed by atoms with Crippen molar-refractivity contribution in [3.63, 3.8) is 0 Å². The molecule has 0 amide bonds. The van der Waals surface area contributed by atoms with E-state index in [0.717, 1.165) is 0 Å². The Morgan fingerprint density at radius 3 is 2.69 bits per heavy atom. The summed E-state index contributed by atoms with van der Waals surface area (Å²) in [7, 11) is 0. The molecule has 0 bridgehead atoms. The van der Waals surface area contributed by atoms with Crippen LogP contribution < -0.4 is 5.73 Å². The van der Waals surface area contributed by atoms with E-state index in [9.17, 15) is 8.78 Å². The van der Waals surface area contributed by atoms with Crippen molar-refractivity contribution in [2.75, 3.05) is 5.73 Å². The molecule has 0 radical (unpaired) electrons. The average molecular weight is 248 g/mol. The van der Waals surface area contributed by atoms with E-state index < -0.39 is 12.1 Å². The summed E-state index contributed by atoms with van der Waals surface area (Å²) in [5.74, 6) is 0. The number of halogens is 3.